The van der Waals surface area contributed by atoms with Crippen LogP contribution in [0.3, 0.4) is 0 Å². The number of aromatic nitrogens is 2. The Morgan fingerprint density at radius 2 is 2.07 bits per heavy atom. The van der Waals surface area contributed by atoms with E-state index >= 15 is 0 Å². The Bertz CT molecular complexity index is 925. The van der Waals surface area contributed by atoms with E-state index in [1.165, 1.54) is 12.1 Å². The molecule has 3 saturated carbocycles. The molecule has 2 aromatic rings. The van der Waals surface area contributed by atoms with Crippen molar-refractivity contribution in [3.05, 3.63) is 47.0 Å². The third kappa shape index (κ3) is 3.32. The van der Waals surface area contributed by atoms with Crippen molar-refractivity contribution in [3.63, 3.8) is 0 Å². The molecule has 148 valence electrons. The Balaban J connectivity index is 1.21. The Labute approximate surface area is 166 Å². The number of nitrogens with one attached hydrogen (secondary N) is 2. The van der Waals surface area contributed by atoms with Crippen LogP contribution in [-0.4, -0.2) is 33.7 Å². The highest BCUT2D eigenvalue weighted by atomic mass is 35.5. The molecule has 2 N–H and O–H groups in total. The van der Waals surface area contributed by atoms with E-state index in [1.54, 1.807) is 10.9 Å². The van der Waals surface area contributed by atoms with Crippen LogP contribution < -0.4 is 15.4 Å². The molecule has 9 heteroatoms. The molecule has 2 bridgehead atoms. The largest absolute Gasteiger partial charge is 0.484 e. The van der Waals surface area contributed by atoms with Gasteiger partial charge >= 0.3 is 0 Å². The molecule has 0 radical (unpaired) electrons. The third-order valence-electron chi connectivity index (χ3n) is 5.53. The number of rotatable bonds is 7. The van der Waals surface area contributed by atoms with Gasteiger partial charge in [0.25, 0.3) is 5.91 Å². The number of halogens is 2. The number of carbonyl (C=O) groups excluding carboxylic acids is 2. The topological polar surface area (TPSA) is 85.3 Å². The number of nitrogens with zero attached hydrogens (tertiary/aromatic N) is 2. The van der Waals surface area contributed by atoms with Crippen molar-refractivity contribution in [1.29, 1.82) is 0 Å². The molecule has 1 aromatic carbocycles. The monoisotopic (exact) mass is 406 g/mol. The maximum Gasteiger partial charge on any atom is 0.258 e. The van der Waals surface area contributed by atoms with Gasteiger partial charge in [0.2, 0.25) is 5.91 Å². The zero-order chi connectivity index (χ0) is 19.9. The van der Waals surface area contributed by atoms with Gasteiger partial charge < -0.3 is 15.4 Å². The van der Waals surface area contributed by atoms with Gasteiger partial charge in [-0.05, 0) is 37.5 Å². The van der Waals surface area contributed by atoms with Crippen molar-refractivity contribution >= 4 is 23.4 Å². The van der Waals surface area contributed by atoms with Gasteiger partial charge in [-0.3, -0.25) is 14.3 Å². The molecule has 0 aliphatic heterocycles. The fraction of sp³-hybridized carbons (Fsp3) is 0.421. The first kappa shape index (κ1) is 18.7. The van der Waals surface area contributed by atoms with E-state index in [9.17, 15) is 14.0 Å². The fourth-order valence-electron chi connectivity index (χ4n) is 4.14. The van der Waals surface area contributed by atoms with Crippen molar-refractivity contribution in [1.82, 2.24) is 20.4 Å². The summed E-state index contributed by atoms with van der Waals surface area (Å²) in [7, 11) is 1.83. The van der Waals surface area contributed by atoms with Gasteiger partial charge in [0.15, 0.2) is 6.61 Å². The van der Waals surface area contributed by atoms with Crippen molar-refractivity contribution in [2.24, 2.45) is 12.5 Å². The Morgan fingerprint density at radius 1 is 1.32 bits per heavy atom. The minimum absolute atomic E-state index is 0.00219. The third-order valence-corrected chi connectivity index (χ3v) is 5.84. The molecular formula is C19H20ClFN4O3. The van der Waals surface area contributed by atoms with Gasteiger partial charge in [0, 0.05) is 24.8 Å². The average Bonchev–Trinajstić information content (AvgIpc) is 3.00. The standard InChI is InChI=1S/C19H20ClFN4O3/c1-25-12(4-5-23-25)7-22-17(27)18-9-19(10-18,11-18)24-16(26)8-28-13-2-3-14(20)15(21)6-13/h2-6H,7-11H2,1H3,(H,22,27)(H,24,26). The fourth-order valence-corrected chi connectivity index (χ4v) is 4.26. The van der Waals surface area contributed by atoms with E-state index in [0.29, 0.717) is 25.8 Å². The molecule has 1 heterocycles. The average molecular weight is 407 g/mol. The van der Waals surface area contributed by atoms with Crippen molar-refractivity contribution < 1.29 is 18.7 Å². The van der Waals surface area contributed by atoms with E-state index in [0.717, 1.165) is 11.8 Å². The number of hydrogen-bond acceptors (Lipinski definition) is 4. The minimum atomic E-state index is -0.599. The molecule has 2 amide bonds. The molecule has 0 atom stereocenters. The molecule has 3 aliphatic rings. The van der Waals surface area contributed by atoms with Crippen LogP contribution in [0.2, 0.25) is 5.02 Å². The van der Waals surface area contributed by atoms with Gasteiger partial charge in [0.1, 0.15) is 11.6 Å². The number of ether oxygens (including phenoxy) is 1. The lowest BCUT2D eigenvalue weighted by Crippen LogP contribution is -2.78. The zero-order valence-electron chi connectivity index (χ0n) is 15.3. The summed E-state index contributed by atoms with van der Waals surface area (Å²) in [6.45, 7) is 0.213. The first-order chi connectivity index (χ1) is 13.3. The van der Waals surface area contributed by atoms with E-state index in [2.05, 4.69) is 15.7 Å². The predicted octanol–water partition coefficient (Wildman–Crippen LogP) is 1.95. The quantitative estimate of drug-likeness (QED) is 0.736. The van der Waals surface area contributed by atoms with E-state index in [4.69, 9.17) is 16.3 Å². The van der Waals surface area contributed by atoms with Crippen LogP contribution in [0.25, 0.3) is 0 Å². The summed E-state index contributed by atoms with van der Waals surface area (Å²) in [4.78, 5) is 24.6. The minimum Gasteiger partial charge on any atom is -0.484 e. The summed E-state index contributed by atoms with van der Waals surface area (Å²) in [5.74, 6) is -0.643. The molecular weight excluding hydrogens is 387 g/mol. The van der Waals surface area contributed by atoms with Crippen LogP contribution in [-0.2, 0) is 23.2 Å². The number of carbonyl (C=O) groups is 2. The Morgan fingerprint density at radius 3 is 2.71 bits per heavy atom. The summed E-state index contributed by atoms with van der Waals surface area (Å²) >= 11 is 5.61. The summed E-state index contributed by atoms with van der Waals surface area (Å²) < 4.78 is 20.4. The maximum absolute atomic E-state index is 13.4. The number of aryl methyl sites for hydroxylation is 1. The molecule has 1 aromatic heterocycles. The summed E-state index contributed by atoms with van der Waals surface area (Å²) in [5.41, 5.74) is 0.223. The van der Waals surface area contributed by atoms with Gasteiger partial charge in [-0.1, -0.05) is 11.6 Å². The maximum atomic E-state index is 13.4. The highest BCUT2D eigenvalue weighted by molar-refractivity contribution is 6.30. The molecule has 0 saturated heterocycles. The highest BCUT2D eigenvalue weighted by Gasteiger charge is 2.72. The predicted molar refractivity (Wildman–Crippen MR) is 99.1 cm³/mol. The van der Waals surface area contributed by atoms with E-state index in [1.807, 2.05) is 13.1 Å². The second kappa shape index (κ2) is 6.77. The molecule has 0 spiro atoms. The number of hydrogen-bond donors (Lipinski definition) is 2. The van der Waals surface area contributed by atoms with Crippen molar-refractivity contribution in [2.45, 2.75) is 31.3 Å². The normalized spacial score (nSPS) is 24.7. The summed E-state index contributed by atoms with van der Waals surface area (Å²) in [6.07, 6.45) is 3.56. The molecule has 3 aliphatic carbocycles. The van der Waals surface area contributed by atoms with Gasteiger partial charge in [-0.15, -0.1) is 0 Å². The van der Waals surface area contributed by atoms with Crippen LogP contribution >= 0.6 is 11.6 Å². The Hall–Kier alpha value is -2.61. The second-order valence-electron chi connectivity index (χ2n) is 7.63. The van der Waals surface area contributed by atoms with Crippen LogP contribution in [0.4, 0.5) is 4.39 Å². The van der Waals surface area contributed by atoms with Crippen molar-refractivity contribution in [3.8, 4) is 5.75 Å². The molecule has 3 fully saturated rings. The van der Waals surface area contributed by atoms with Gasteiger partial charge in [-0.2, -0.15) is 5.10 Å². The first-order valence-electron chi connectivity index (χ1n) is 8.95. The van der Waals surface area contributed by atoms with E-state index in [-0.39, 0.29) is 40.1 Å². The lowest BCUT2D eigenvalue weighted by molar-refractivity contribution is -0.184. The molecule has 28 heavy (non-hydrogen) atoms. The highest BCUT2D eigenvalue weighted by Crippen LogP contribution is 2.67. The molecule has 0 unspecified atom stereocenters. The van der Waals surface area contributed by atoms with Crippen LogP contribution in [0.1, 0.15) is 25.0 Å². The lowest BCUT2D eigenvalue weighted by Gasteiger charge is -2.69. The van der Waals surface area contributed by atoms with Crippen LogP contribution in [0, 0.1) is 11.2 Å². The van der Waals surface area contributed by atoms with Gasteiger partial charge in [0.05, 0.1) is 22.7 Å². The smallest absolute Gasteiger partial charge is 0.258 e. The second-order valence-corrected chi connectivity index (χ2v) is 8.04. The van der Waals surface area contributed by atoms with Gasteiger partial charge in [-0.25, -0.2) is 4.39 Å². The zero-order valence-corrected chi connectivity index (χ0v) is 16.1. The van der Waals surface area contributed by atoms with Crippen LogP contribution in [0.15, 0.2) is 30.5 Å². The SMILES string of the molecule is Cn1nccc1CNC(=O)C12CC(NC(=O)COc3ccc(Cl)c(F)c3)(C1)C2. The van der Waals surface area contributed by atoms with Crippen molar-refractivity contribution in [2.75, 3.05) is 6.61 Å². The lowest BCUT2D eigenvalue weighted by atomic mass is 9.39. The first-order valence-corrected chi connectivity index (χ1v) is 9.33. The number of benzene rings is 1. The summed E-state index contributed by atoms with van der Waals surface area (Å²) in [6, 6.07) is 5.87. The molecule has 7 nitrogen and oxygen atoms in total. The summed E-state index contributed by atoms with van der Waals surface area (Å²) in [5, 5.41) is 9.95. The van der Waals surface area contributed by atoms with E-state index < -0.39 is 5.82 Å². The Kier molecular flexibility index (Phi) is 4.53. The number of amides is 2. The van der Waals surface area contributed by atoms with Crippen LogP contribution in [0.5, 0.6) is 5.75 Å². The molecule has 5 rings (SSSR count).